The highest BCUT2D eigenvalue weighted by Gasteiger charge is 2.26. The molecule has 2 atom stereocenters. The Hall–Kier alpha value is -2.54. The Kier molecular flexibility index (Phi) is 7.82. The number of aryl methyl sites for hydroxylation is 1. The average molecular weight is 437 g/mol. The Labute approximate surface area is 191 Å². The van der Waals surface area contributed by atoms with Gasteiger partial charge in [-0.2, -0.15) is 0 Å². The summed E-state index contributed by atoms with van der Waals surface area (Å²) in [5.74, 6) is 0.961. The molecule has 6 heteroatoms. The van der Waals surface area contributed by atoms with Crippen molar-refractivity contribution in [2.75, 3.05) is 32.1 Å². The van der Waals surface area contributed by atoms with Crippen molar-refractivity contribution >= 4 is 33.6 Å². The molecule has 0 radical (unpaired) electrons. The van der Waals surface area contributed by atoms with Crippen LogP contribution in [0.3, 0.4) is 0 Å². The molecule has 0 bridgehead atoms. The van der Waals surface area contributed by atoms with Gasteiger partial charge in [-0.3, -0.25) is 0 Å². The molecule has 32 heavy (non-hydrogen) atoms. The van der Waals surface area contributed by atoms with Crippen LogP contribution >= 0.6 is 0 Å². The highest BCUT2D eigenvalue weighted by atomic mass is 16.5. The van der Waals surface area contributed by atoms with Gasteiger partial charge in [-0.05, 0) is 87.6 Å². The molecule has 1 aromatic carbocycles. The lowest BCUT2D eigenvalue weighted by Gasteiger charge is -2.21. The average Bonchev–Trinajstić information content (AvgIpc) is 3.15. The first-order valence-electron chi connectivity index (χ1n) is 11.5. The van der Waals surface area contributed by atoms with Crippen LogP contribution in [0, 0.1) is 6.92 Å². The third-order valence-corrected chi connectivity index (χ3v) is 6.53. The number of anilines is 1. The Balaban J connectivity index is 0.00000289. The van der Waals surface area contributed by atoms with Gasteiger partial charge in [0.1, 0.15) is 5.82 Å². The first-order valence-corrected chi connectivity index (χ1v) is 11.5. The summed E-state index contributed by atoms with van der Waals surface area (Å²) in [4.78, 5) is 12.1. The lowest BCUT2D eigenvalue weighted by atomic mass is 9.93. The second-order valence-electron chi connectivity index (χ2n) is 8.50. The largest absolute Gasteiger partial charge is 0.412 e. The maximum absolute atomic E-state index is 5.53. The summed E-state index contributed by atoms with van der Waals surface area (Å²) in [6, 6.07) is 4.72. The second-order valence-corrected chi connectivity index (χ2v) is 8.50. The van der Waals surface area contributed by atoms with Crippen molar-refractivity contribution in [3.63, 3.8) is 0 Å². The summed E-state index contributed by atoms with van der Waals surface area (Å²) in [6.45, 7) is 12.3. The summed E-state index contributed by atoms with van der Waals surface area (Å²) in [5, 5.41) is 6.05. The summed E-state index contributed by atoms with van der Waals surface area (Å²) in [5.41, 5.74) is 5.64. The molecular formula is C26H36N4O2. The second kappa shape index (κ2) is 10.4. The van der Waals surface area contributed by atoms with Gasteiger partial charge in [-0.25, -0.2) is 9.98 Å². The molecule has 1 aliphatic carbocycles. The van der Waals surface area contributed by atoms with Gasteiger partial charge in [0.15, 0.2) is 0 Å². The van der Waals surface area contributed by atoms with Gasteiger partial charge in [0.2, 0.25) is 0 Å². The number of hydrogen-bond acceptors (Lipinski definition) is 5. The zero-order chi connectivity index (χ0) is 22.0. The number of benzene rings is 1. The topological polar surface area (TPSA) is 81.2 Å². The normalized spacial score (nSPS) is 17.5. The molecule has 1 aliphatic heterocycles. The van der Waals surface area contributed by atoms with Crippen molar-refractivity contribution in [3.05, 3.63) is 47.7 Å². The van der Waals surface area contributed by atoms with E-state index in [9.17, 15) is 0 Å². The van der Waals surface area contributed by atoms with Crippen LogP contribution in [0.1, 0.15) is 44.7 Å². The molecule has 0 amide bonds. The quantitative estimate of drug-likeness (QED) is 0.618. The predicted octanol–water partition coefficient (Wildman–Crippen LogP) is 4.70. The van der Waals surface area contributed by atoms with Crippen molar-refractivity contribution < 1.29 is 10.2 Å². The van der Waals surface area contributed by atoms with Gasteiger partial charge in [-0.15, -0.1) is 0 Å². The van der Waals surface area contributed by atoms with Crippen molar-refractivity contribution in [3.8, 4) is 0 Å². The standard InChI is InChI=1S/C26H34N4O.H2O/c1-6-30(7-2)14-8-9-17(3)28-26-23-16-22-21-15-19(31-5)10-11-24(21)29-25(22)18(4)20(23)12-13-27-26;/h10-13,15-17,19H,6-9,14H2,1-5H3,(H,27,28);1H2. The monoisotopic (exact) mass is 436 g/mol. The van der Waals surface area contributed by atoms with Crippen LogP contribution in [-0.4, -0.2) is 60.0 Å². The molecule has 0 saturated carbocycles. The molecule has 2 unspecified atom stereocenters. The minimum Gasteiger partial charge on any atom is -0.412 e. The van der Waals surface area contributed by atoms with Crippen LogP contribution in [-0.2, 0) is 4.74 Å². The van der Waals surface area contributed by atoms with Crippen molar-refractivity contribution in [2.45, 2.75) is 52.7 Å². The number of methoxy groups -OCH3 is 1. The van der Waals surface area contributed by atoms with E-state index in [4.69, 9.17) is 14.7 Å². The molecule has 2 heterocycles. The molecule has 2 aliphatic rings. The Morgan fingerprint density at radius 3 is 2.72 bits per heavy atom. The molecule has 1 aromatic heterocycles. The van der Waals surface area contributed by atoms with Gasteiger partial charge in [0.05, 0.1) is 17.5 Å². The number of ether oxygens (including phenoxy) is 1. The number of aliphatic imine (C=N–C) groups is 1. The van der Waals surface area contributed by atoms with E-state index in [1.54, 1.807) is 7.11 Å². The van der Waals surface area contributed by atoms with Gasteiger partial charge in [0, 0.05) is 35.9 Å². The van der Waals surface area contributed by atoms with E-state index in [0.717, 1.165) is 54.2 Å². The number of allylic oxidation sites excluding steroid dienone is 2. The third-order valence-electron chi connectivity index (χ3n) is 6.53. The number of aromatic nitrogens is 1. The first kappa shape index (κ1) is 24.1. The molecule has 6 nitrogen and oxygen atoms in total. The Morgan fingerprint density at radius 1 is 1.22 bits per heavy atom. The summed E-state index contributed by atoms with van der Waals surface area (Å²) >= 11 is 0. The highest BCUT2D eigenvalue weighted by Crippen LogP contribution is 2.43. The van der Waals surface area contributed by atoms with E-state index in [-0.39, 0.29) is 11.6 Å². The fraction of sp³-hybridized carbons (Fsp3) is 0.462. The summed E-state index contributed by atoms with van der Waals surface area (Å²) in [7, 11) is 1.74. The number of fused-ring (bicyclic) bond motifs is 4. The summed E-state index contributed by atoms with van der Waals surface area (Å²) in [6.07, 6.45) is 10.5. The zero-order valence-corrected chi connectivity index (χ0v) is 19.9. The number of rotatable bonds is 9. The molecule has 4 rings (SSSR count). The molecule has 0 fully saturated rings. The molecular weight excluding hydrogens is 400 g/mol. The minimum absolute atomic E-state index is 0. The van der Waals surface area contributed by atoms with E-state index < -0.39 is 0 Å². The van der Waals surface area contributed by atoms with Crippen molar-refractivity contribution in [1.29, 1.82) is 0 Å². The van der Waals surface area contributed by atoms with Gasteiger partial charge in [-0.1, -0.05) is 13.8 Å². The van der Waals surface area contributed by atoms with E-state index in [1.807, 2.05) is 6.20 Å². The fourth-order valence-corrected chi connectivity index (χ4v) is 4.59. The fourth-order valence-electron chi connectivity index (χ4n) is 4.59. The van der Waals surface area contributed by atoms with Gasteiger partial charge >= 0.3 is 0 Å². The Morgan fingerprint density at radius 2 is 2.00 bits per heavy atom. The number of hydrogen-bond donors (Lipinski definition) is 1. The van der Waals surface area contributed by atoms with E-state index in [0.29, 0.717) is 6.04 Å². The van der Waals surface area contributed by atoms with E-state index in [2.05, 4.69) is 68.3 Å². The van der Waals surface area contributed by atoms with Crippen LogP contribution in [0.4, 0.5) is 11.5 Å². The highest BCUT2D eigenvalue weighted by molar-refractivity contribution is 6.35. The first-order chi connectivity index (χ1) is 15.0. The molecule has 0 saturated heterocycles. The van der Waals surface area contributed by atoms with Gasteiger partial charge < -0.3 is 20.4 Å². The van der Waals surface area contributed by atoms with Crippen LogP contribution < -0.4 is 5.32 Å². The van der Waals surface area contributed by atoms with Gasteiger partial charge in [0.25, 0.3) is 0 Å². The van der Waals surface area contributed by atoms with Crippen molar-refractivity contribution in [1.82, 2.24) is 9.88 Å². The maximum atomic E-state index is 5.53. The Bertz CT molecular complexity index is 1050. The lowest BCUT2D eigenvalue weighted by Crippen LogP contribution is -2.25. The van der Waals surface area contributed by atoms with Crippen LogP contribution in [0.2, 0.25) is 0 Å². The van der Waals surface area contributed by atoms with Crippen LogP contribution in [0.15, 0.2) is 41.6 Å². The SMILES string of the molecule is CCN(CC)CCCC(C)Nc1nccc2c(C)c3c(cc12)C1=CC(OC)C=CC1=N3.O. The lowest BCUT2D eigenvalue weighted by molar-refractivity contribution is 0.178. The van der Waals surface area contributed by atoms with E-state index >= 15 is 0 Å². The third kappa shape index (κ3) is 4.63. The molecule has 172 valence electrons. The number of nitrogens with one attached hydrogen (secondary N) is 1. The number of pyridine rings is 1. The summed E-state index contributed by atoms with van der Waals surface area (Å²) < 4.78 is 5.53. The smallest absolute Gasteiger partial charge is 0.134 e. The molecule has 3 N–H and O–H groups in total. The van der Waals surface area contributed by atoms with Crippen LogP contribution in [0.25, 0.3) is 16.3 Å². The van der Waals surface area contributed by atoms with E-state index in [1.165, 1.54) is 22.9 Å². The minimum atomic E-state index is -0.00627. The molecule has 2 aromatic rings. The maximum Gasteiger partial charge on any atom is 0.134 e. The van der Waals surface area contributed by atoms with Crippen molar-refractivity contribution in [2.24, 2.45) is 4.99 Å². The zero-order valence-electron chi connectivity index (χ0n) is 19.9. The predicted molar refractivity (Wildman–Crippen MR) is 135 cm³/mol. The van der Waals surface area contributed by atoms with Crippen LogP contribution in [0.5, 0.6) is 0 Å². The number of nitrogens with zero attached hydrogens (tertiary/aromatic N) is 3. The molecule has 0 spiro atoms.